The van der Waals surface area contributed by atoms with Gasteiger partial charge in [0.15, 0.2) is 0 Å². The Balaban J connectivity index is 1.55. The van der Waals surface area contributed by atoms with Crippen molar-refractivity contribution < 1.29 is 9.59 Å². The molecule has 0 N–H and O–H groups in total. The van der Waals surface area contributed by atoms with Gasteiger partial charge in [0.2, 0.25) is 0 Å². The van der Waals surface area contributed by atoms with Crippen LogP contribution < -0.4 is 0 Å². The number of hydrogen-bond donors (Lipinski definition) is 0. The first kappa shape index (κ1) is 18.5. The number of hydrogen-bond acceptors (Lipinski definition) is 3. The van der Waals surface area contributed by atoms with Crippen molar-refractivity contribution in [2.24, 2.45) is 5.41 Å². The zero-order chi connectivity index (χ0) is 22.0. The van der Waals surface area contributed by atoms with Gasteiger partial charge in [0.1, 0.15) is 11.6 Å². The third-order valence-corrected chi connectivity index (χ3v) is 9.19. The van der Waals surface area contributed by atoms with E-state index >= 15 is 0 Å². The van der Waals surface area contributed by atoms with Gasteiger partial charge in [0.25, 0.3) is 0 Å². The lowest BCUT2D eigenvalue weighted by atomic mass is 9.52. The second-order valence-corrected chi connectivity index (χ2v) is 10.7. The van der Waals surface area contributed by atoms with Crippen molar-refractivity contribution in [1.82, 2.24) is 4.98 Å². The lowest BCUT2D eigenvalue weighted by Crippen LogP contribution is -2.48. The summed E-state index contributed by atoms with van der Waals surface area (Å²) < 4.78 is 0. The van der Waals surface area contributed by atoms with Gasteiger partial charge < -0.3 is 0 Å². The van der Waals surface area contributed by atoms with Crippen molar-refractivity contribution in [3.8, 4) is 22.4 Å². The molecule has 4 aliphatic carbocycles. The fraction of sp³-hybridized carbons (Fsp3) is 0.345. The zero-order valence-corrected chi connectivity index (χ0v) is 18.7. The summed E-state index contributed by atoms with van der Waals surface area (Å²) in [5.74, 6) is 0.331. The summed E-state index contributed by atoms with van der Waals surface area (Å²) in [6, 6.07) is 15.4. The Morgan fingerprint density at radius 3 is 2.16 bits per heavy atom. The van der Waals surface area contributed by atoms with Crippen LogP contribution >= 0.6 is 0 Å². The number of aromatic nitrogens is 1. The Labute approximate surface area is 187 Å². The predicted molar refractivity (Wildman–Crippen MR) is 124 cm³/mol. The number of benzene rings is 2. The Morgan fingerprint density at radius 2 is 1.47 bits per heavy atom. The lowest BCUT2D eigenvalue weighted by Gasteiger charge is -2.50. The number of ketones is 2. The summed E-state index contributed by atoms with van der Waals surface area (Å²) >= 11 is 0. The molecule has 3 bridgehead atoms. The topological polar surface area (TPSA) is 47.0 Å². The van der Waals surface area contributed by atoms with Crippen LogP contribution in [0.3, 0.4) is 0 Å². The van der Waals surface area contributed by atoms with Gasteiger partial charge in [-0.15, -0.1) is 0 Å². The van der Waals surface area contributed by atoms with Crippen LogP contribution in [0, 0.1) is 26.2 Å². The van der Waals surface area contributed by atoms with Gasteiger partial charge in [-0.3, -0.25) is 14.6 Å². The molecule has 3 fully saturated rings. The SMILES string of the molecule is Cc1cc(C)c(-c2ccc3c(c2)C24CC(=O)[C@]5(C2)CC4(CC5=O)c2cccnc2-3)c(C)c1. The molecule has 0 aliphatic heterocycles. The molecular formula is C29H25NO2. The van der Waals surface area contributed by atoms with E-state index in [0.29, 0.717) is 25.7 Å². The number of nitrogens with zero attached hydrogens (tertiary/aromatic N) is 1. The molecule has 2 unspecified atom stereocenters. The molecule has 3 heteroatoms. The third kappa shape index (κ3) is 1.81. The van der Waals surface area contributed by atoms with Crippen LogP contribution in [0.1, 0.15) is 53.5 Å². The van der Waals surface area contributed by atoms with Crippen molar-refractivity contribution in [2.45, 2.75) is 57.3 Å². The summed E-state index contributed by atoms with van der Waals surface area (Å²) in [4.78, 5) is 31.2. The summed E-state index contributed by atoms with van der Waals surface area (Å²) in [5.41, 5.74) is 9.51. The van der Waals surface area contributed by atoms with E-state index in [1.807, 2.05) is 12.3 Å². The Morgan fingerprint density at radius 1 is 0.812 bits per heavy atom. The molecule has 0 saturated heterocycles. The molecule has 32 heavy (non-hydrogen) atoms. The number of pyridine rings is 1. The first-order chi connectivity index (χ1) is 15.3. The van der Waals surface area contributed by atoms with Crippen LogP contribution in [0.4, 0.5) is 0 Å². The number of aryl methyl sites for hydroxylation is 3. The standard InChI is InChI=1S/C29H25NO2/c1-16-9-17(2)25(18(3)10-16)19-6-7-20-22(11-19)29-13-24(32)27(15-29)14-28(29,12-23(27)31)21-5-4-8-30-26(20)21/h4-11H,12-15H2,1-3H3/t27-,28?,29?/m0/s1. The molecule has 3 saturated carbocycles. The first-order valence-corrected chi connectivity index (χ1v) is 11.6. The summed E-state index contributed by atoms with van der Waals surface area (Å²) in [6.07, 6.45) is 4.15. The van der Waals surface area contributed by atoms with Gasteiger partial charge in [-0.25, -0.2) is 0 Å². The van der Waals surface area contributed by atoms with Crippen LogP contribution in [-0.2, 0) is 20.4 Å². The number of carbonyl (C=O) groups excluding carboxylic acids is 2. The van der Waals surface area contributed by atoms with E-state index in [9.17, 15) is 9.59 Å². The Hall–Kier alpha value is -3.07. The highest BCUT2D eigenvalue weighted by molar-refractivity contribution is 6.15. The molecule has 0 radical (unpaired) electrons. The van der Waals surface area contributed by atoms with Gasteiger partial charge in [0, 0.05) is 35.4 Å². The largest absolute Gasteiger partial charge is 0.299 e. The number of carbonyl (C=O) groups is 2. The van der Waals surface area contributed by atoms with E-state index in [-0.39, 0.29) is 22.4 Å². The maximum atomic E-state index is 13.3. The van der Waals surface area contributed by atoms with Gasteiger partial charge in [-0.2, -0.15) is 0 Å². The van der Waals surface area contributed by atoms with Crippen LogP contribution in [0.2, 0.25) is 0 Å². The highest BCUT2D eigenvalue weighted by Gasteiger charge is 2.80. The zero-order valence-electron chi connectivity index (χ0n) is 18.7. The molecular weight excluding hydrogens is 394 g/mol. The monoisotopic (exact) mass is 419 g/mol. The van der Waals surface area contributed by atoms with Crippen molar-refractivity contribution in [2.75, 3.05) is 0 Å². The van der Waals surface area contributed by atoms with Gasteiger partial charge in [-0.05, 0) is 79.1 Å². The fourth-order valence-electron chi connectivity index (χ4n) is 8.17. The smallest absolute Gasteiger partial charge is 0.147 e. The Kier molecular flexibility index (Phi) is 3.15. The molecule has 3 aromatic rings. The van der Waals surface area contributed by atoms with E-state index in [2.05, 4.69) is 57.2 Å². The van der Waals surface area contributed by atoms with Crippen molar-refractivity contribution >= 4 is 11.6 Å². The minimum absolute atomic E-state index is 0.162. The molecule has 4 aliphatic rings. The van der Waals surface area contributed by atoms with Crippen molar-refractivity contribution in [1.29, 1.82) is 0 Å². The molecule has 3 spiro atoms. The third-order valence-electron chi connectivity index (χ3n) is 9.19. The summed E-state index contributed by atoms with van der Waals surface area (Å²) in [5, 5.41) is 0. The van der Waals surface area contributed by atoms with E-state index < -0.39 is 5.41 Å². The average molecular weight is 420 g/mol. The van der Waals surface area contributed by atoms with Crippen LogP contribution in [-0.4, -0.2) is 16.6 Å². The highest BCUT2D eigenvalue weighted by Crippen LogP contribution is 2.78. The second-order valence-electron chi connectivity index (χ2n) is 10.7. The highest BCUT2D eigenvalue weighted by atomic mass is 16.2. The molecule has 3 nitrogen and oxygen atoms in total. The summed E-state index contributed by atoms with van der Waals surface area (Å²) in [6.45, 7) is 6.49. The maximum absolute atomic E-state index is 13.3. The average Bonchev–Trinajstić information content (AvgIpc) is 3.32. The quantitative estimate of drug-likeness (QED) is 0.486. The van der Waals surface area contributed by atoms with Crippen molar-refractivity contribution in [3.05, 3.63) is 76.5 Å². The molecule has 3 atom stereocenters. The van der Waals surface area contributed by atoms with Gasteiger partial charge in [-0.1, -0.05) is 35.9 Å². The van der Waals surface area contributed by atoms with Crippen LogP contribution in [0.15, 0.2) is 48.7 Å². The first-order valence-electron chi connectivity index (χ1n) is 11.6. The number of Topliss-reactive ketones (excluding diaryl/α,β-unsaturated/α-hetero) is 2. The van der Waals surface area contributed by atoms with Gasteiger partial charge >= 0.3 is 0 Å². The maximum Gasteiger partial charge on any atom is 0.147 e. The van der Waals surface area contributed by atoms with Crippen molar-refractivity contribution in [3.63, 3.8) is 0 Å². The minimum atomic E-state index is -0.763. The van der Waals surface area contributed by atoms with Gasteiger partial charge in [0.05, 0.1) is 11.1 Å². The summed E-state index contributed by atoms with van der Waals surface area (Å²) in [7, 11) is 0. The second kappa shape index (κ2) is 5.46. The molecule has 1 heterocycles. The fourth-order valence-corrected chi connectivity index (χ4v) is 8.17. The van der Waals surface area contributed by atoms with Crippen LogP contribution in [0.5, 0.6) is 0 Å². The van der Waals surface area contributed by atoms with E-state index in [1.54, 1.807) is 0 Å². The molecule has 1 aromatic heterocycles. The van der Waals surface area contributed by atoms with Crippen LogP contribution in [0.25, 0.3) is 22.4 Å². The number of fused-ring (bicyclic) bond motifs is 3. The van der Waals surface area contributed by atoms with E-state index in [1.165, 1.54) is 38.9 Å². The van der Waals surface area contributed by atoms with E-state index in [4.69, 9.17) is 4.98 Å². The lowest BCUT2D eigenvalue weighted by molar-refractivity contribution is -0.136. The molecule has 7 rings (SSSR count). The Bertz CT molecular complexity index is 1400. The molecule has 158 valence electrons. The predicted octanol–water partition coefficient (Wildman–Crippen LogP) is 5.56. The normalized spacial score (nSPS) is 31.0. The molecule has 2 aromatic carbocycles. The van der Waals surface area contributed by atoms with E-state index in [0.717, 1.165) is 11.3 Å². The number of rotatable bonds is 1. The molecule has 0 amide bonds. The minimum Gasteiger partial charge on any atom is -0.299 e.